The van der Waals surface area contributed by atoms with Crippen LogP contribution >= 0.6 is 23.4 Å². The number of thioether (sulfide) groups is 1. The summed E-state index contributed by atoms with van der Waals surface area (Å²) < 4.78 is 32.1. The van der Waals surface area contributed by atoms with Gasteiger partial charge in [0, 0.05) is 22.5 Å². The molecule has 2 aromatic carbocycles. The van der Waals surface area contributed by atoms with Crippen molar-refractivity contribution in [1.29, 1.82) is 0 Å². The fourth-order valence-corrected chi connectivity index (χ4v) is 3.16. The maximum atomic E-state index is 13.3. The largest absolute Gasteiger partial charge is 0.439 e. The molecule has 0 atom stereocenters. The molecule has 0 amide bonds. The van der Waals surface area contributed by atoms with Gasteiger partial charge in [0.05, 0.1) is 0 Å². The molecule has 0 aliphatic heterocycles. The van der Waals surface area contributed by atoms with Crippen molar-refractivity contribution < 1.29 is 13.5 Å². The molecule has 0 fully saturated rings. The maximum Gasteiger partial charge on any atom is 0.223 e. The molecule has 3 aromatic rings. The molecule has 1 aromatic heterocycles. The lowest BCUT2D eigenvalue weighted by atomic mass is 10.2. The van der Waals surface area contributed by atoms with Crippen molar-refractivity contribution in [2.75, 3.05) is 0 Å². The lowest BCUT2D eigenvalue weighted by molar-refractivity contribution is 0.454. The van der Waals surface area contributed by atoms with E-state index in [1.165, 1.54) is 23.9 Å². The van der Waals surface area contributed by atoms with Crippen LogP contribution in [-0.2, 0) is 5.75 Å². The van der Waals surface area contributed by atoms with Gasteiger partial charge in [-0.1, -0.05) is 29.4 Å². The Morgan fingerprint density at radius 2 is 1.81 bits per heavy atom. The van der Waals surface area contributed by atoms with Gasteiger partial charge in [-0.15, -0.1) is 0 Å². The van der Waals surface area contributed by atoms with Crippen LogP contribution in [-0.4, -0.2) is 9.97 Å². The van der Waals surface area contributed by atoms with Crippen molar-refractivity contribution in [3.8, 4) is 11.6 Å². The minimum absolute atomic E-state index is 0.409. The first-order valence-electron chi connectivity index (χ1n) is 7.77. The molecule has 0 aliphatic carbocycles. The zero-order valence-corrected chi connectivity index (χ0v) is 15.7. The first-order valence-corrected chi connectivity index (χ1v) is 9.13. The standard InChI is InChI=1S/C19H15ClF2N2OS/c1-11-7-14(4-5-15(11)20)25-18-8-12(2)23-19(24-18)26-10-13-3-6-16(21)17(22)9-13/h3-9H,10H2,1-2H3. The summed E-state index contributed by atoms with van der Waals surface area (Å²) in [7, 11) is 0. The van der Waals surface area contributed by atoms with Crippen molar-refractivity contribution in [3.63, 3.8) is 0 Å². The average Bonchev–Trinajstić information content (AvgIpc) is 2.59. The number of nitrogens with zero attached hydrogens (tertiary/aromatic N) is 2. The summed E-state index contributed by atoms with van der Waals surface area (Å²) >= 11 is 7.34. The monoisotopic (exact) mass is 392 g/mol. The molecule has 0 spiro atoms. The quantitative estimate of drug-likeness (QED) is 0.387. The highest BCUT2D eigenvalue weighted by Crippen LogP contribution is 2.27. The normalized spacial score (nSPS) is 10.8. The van der Waals surface area contributed by atoms with E-state index in [0.717, 1.165) is 17.3 Å². The van der Waals surface area contributed by atoms with Crippen LogP contribution in [0.25, 0.3) is 0 Å². The van der Waals surface area contributed by atoms with Gasteiger partial charge >= 0.3 is 0 Å². The minimum atomic E-state index is -0.865. The molecule has 0 saturated heterocycles. The van der Waals surface area contributed by atoms with Gasteiger partial charge < -0.3 is 4.74 Å². The molecule has 0 N–H and O–H groups in total. The summed E-state index contributed by atoms with van der Waals surface area (Å²) in [5, 5.41) is 1.16. The van der Waals surface area contributed by atoms with E-state index in [4.69, 9.17) is 16.3 Å². The van der Waals surface area contributed by atoms with Gasteiger partial charge in [-0.25, -0.2) is 13.8 Å². The van der Waals surface area contributed by atoms with Gasteiger partial charge in [0.15, 0.2) is 16.8 Å². The van der Waals surface area contributed by atoms with E-state index in [0.29, 0.717) is 33.1 Å². The molecule has 0 aliphatic rings. The number of aryl methyl sites for hydroxylation is 2. The van der Waals surface area contributed by atoms with Gasteiger partial charge in [-0.05, 0) is 55.3 Å². The smallest absolute Gasteiger partial charge is 0.223 e. The fourth-order valence-electron chi connectivity index (χ4n) is 2.21. The molecule has 0 radical (unpaired) electrons. The molecule has 3 rings (SSSR count). The van der Waals surface area contributed by atoms with E-state index in [9.17, 15) is 8.78 Å². The van der Waals surface area contributed by atoms with Gasteiger partial charge in [-0.2, -0.15) is 4.98 Å². The molecule has 3 nitrogen and oxygen atoms in total. The van der Waals surface area contributed by atoms with Crippen LogP contribution in [0.1, 0.15) is 16.8 Å². The van der Waals surface area contributed by atoms with E-state index < -0.39 is 11.6 Å². The van der Waals surface area contributed by atoms with E-state index >= 15 is 0 Å². The summed E-state index contributed by atoms with van der Waals surface area (Å²) in [6.45, 7) is 3.73. The highest BCUT2D eigenvalue weighted by molar-refractivity contribution is 7.98. The molecule has 0 bridgehead atoms. The van der Waals surface area contributed by atoms with E-state index in [2.05, 4.69) is 9.97 Å². The molecule has 134 valence electrons. The molecule has 26 heavy (non-hydrogen) atoms. The van der Waals surface area contributed by atoms with Crippen molar-refractivity contribution in [2.45, 2.75) is 24.8 Å². The van der Waals surface area contributed by atoms with Crippen LogP contribution in [0.2, 0.25) is 5.02 Å². The zero-order chi connectivity index (χ0) is 18.7. The lowest BCUT2D eigenvalue weighted by Crippen LogP contribution is -1.96. The summed E-state index contributed by atoms with van der Waals surface area (Å²) in [6.07, 6.45) is 0. The van der Waals surface area contributed by atoms with Crippen molar-refractivity contribution >= 4 is 23.4 Å². The Morgan fingerprint density at radius 1 is 1.00 bits per heavy atom. The zero-order valence-electron chi connectivity index (χ0n) is 14.1. The summed E-state index contributed by atoms with van der Waals surface area (Å²) in [4.78, 5) is 8.71. The van der Waals surface area contributed by atoms with Crippen LogP contribution in [0.5, 0.6) is 11.6 Å². The topological polar surface area (TPSA) is 35.0 Å². The summed E-state index contributed by atoms with van der Waals surface area (Å²) in [5.74, 6) is -0.274. The molecular weight excluding hydrogens is 378 g/mol. The SMILES string of the molecule is Cc1cc(Oc2ccc(Cl)c(C)c2)nc(SCc2ccc(F)c(F)c2)n1. The number of aromatic nitrogens is 2. The molecule has 7 heteroatoms. The molecule has 0 unspecified atom stereocenters. The van der Waals surface area contributed by atoms with E-state index in [1.807, 2.05) is 19.9 Å². The van der Waals surface area contributed by atoms with Gasteiger partial charge in [0.2, 0.25) is 5.88 Å². The molecule has 0 saturated carbocycles. The Balaban J connectivity index is 1.74. The Bertz CT molecular complexity index is 953. The van der Waals surface area contributed by atoms with Crippen LogP contribution < -0.4 is 4.74 Å². The second kappa shape index (κ2) is 8.01. The predicted octanol–water partition coefficient (Wildman–Crippen LogP) is 6.11. The second-order valence-corrected chi connectivity index (χ2v) is 7.03. The Hall–Kier alpha value is -2.18. The highest BCUT2D eigenvalue weighted by atomic mass is 35.5. The number of benzene rings is 2. The van der Waals surface area contributed by atoms with Crippen LogP contribution in [0, 0.1) is 25.5 Å². The number of hydrogen-bond donors (Lipinski definition) is 0. The number of hydrogen-bond acceptors (Lipinski definition) is 4. The number of ether oxygens (including phenoxy) is 1. The number of rotatable bonds is 5. The molecular formula is C19H15ClF2N2OS. The Kier molecular flexibility index (Phi) is 5.74. The van der Waals surface area contributed by atoms with E-state index in [-0.39, 0.29) is 0 Å². The number of halogens is 3. The van der Waals surface area contributed by atoms with Crippen LogP contribution in [0.15, 0.2) is 47.6 Å². The van der Waals surface area contributed by atoms with Gasteiger partial charge in [-0.3, -0.25) is 0 Å². The third kappa shape index (κ3) is 4.71. The van der Waals surface area contributed by atoms with Crippen molar-refractivity contribution in [1.82, 2.24) is 9.97 Å². The van der Waals surface area contributed by atoms with Crippen molar-refractivity contribution in [2.24, 2.45) is 0 Å². The second-order valence-electron chi connectivity index (χ2n) is 5.68. The Labute approximate surface area is 159 Å². The first kappa shape index (κ1) is 18.6. The first-order chi connectivity index (χ1) is 12.4. The molecule has 1 heterocycles. The van der Waals surface area contributed by atoms with Crippen LogP contribution in [0.3, 0.4) is 0 Å². The third-order valence-corrected chi connectivity index (χ3v) is 4.86. The van der Waals surface area contributed by atoms with Crippen molar-refractivity contribution in [3.05, 3.63) is 75.9 Å². The predicted molar refractivity (Wildman–Crippen MR) is 99.0 cm³/mol. The minimum Gasteiger partial charge on any atom is -0.439 e. The average molecular weight is 393 g/mol. The summed E-state index contributed by atoms with van der Waals surface area (Å²) in [6, 6.07) is 10.9. The third-order valence-electron chi connectivity index (χ3n) is 3.51. The fraction of sp³-hybridized carbons (Fsp3) is 0.158. The highest BCUT2D eigenvalue weighted by Gasteiger charge is 2.08. The van der Waals surface area contributed by atoms with Gasteiger partial charge in [0.25, 0.3) is 0 Å². The summed E-state index contributed by atoms with van der Waals surface area (Å²) in [5.41, 5.74) is 2.30. The lowest BCUT2D eigenvalue weighted by Gasteiger charge is -2.09. The maximum absolute atomic E-state index is 13.3. The Morgan fingerprint density at radius 3 is 2.54 bits per heavy atom. The van der Waals surface area contributed by atoms with E-state index in [1.54, 1.807) is 18.2 Å². The van der Waals surface area contributed by atoms with Gasteiger partial charge in [0.1, 0.15) is 5.75 Å². The van der Waals surface area contributed by atoms with Crippen LogP contribution in [0.4, 0.5) is 8.78 Å².